The molecule has 0 spiro atoms. The number of hydrogen-bond donors (Lipinski definition) is 2. The van der Waals surface area contributed by atoms with Gasteiger partial charge in [0.1, 0.15) is 11.3 Å². The number of carbonyl (C=O) groups excluding carboxylic acids is 1. The maximum atomic E-state index is 11.7. The van der Waals surface area contributed by atoms with Crippen LogP contribution in [0.15, 0.2) is 77.2 Å². The Balaban J connectivity index is 1.69. The number of nitrogens with two attached hydrogens (primary N) is 2. The van der Waals surface area contributed by atoms with Crippen molar-refractivity contribution in [2.24, 2.45) is 11.5 Å². The molecule has 4 N–H and O–H groups in total. The van der Waals surface area contributed by atoms with Gasteiger partial charge in [0.25, 0.3) is 0 Å². The first kappa shape index (κ1) is 17.7. The second kappa shape index (κ2) is 6.61. The van der Waals surface area contributed by atoms with E-state index >= 15 is 0 Å². The zero-order valence-corrected chi connectivity index (χ0v) is 16.0. The predicted octanol–water partition coefficient (Wildman–Crippen LogP) is 5.20. The first-order valence-electron chi connectivity index (χ1n) is 9.87. The average Bonchev–Trinajstić information content (AvgIpc) is 3.11. The minimum absolute atomic E-state index is 0.189. The number of primary amides is 1. The molecule has 4 heteroatoms. The predicted molar refractivity (Wildman–Crippen MR) is 115 cm³/mol. The number of fused-ring (bicyclic) bond motifs is 1. The normalized spacial score (nSPS) is 15.2. The largest absolute Gasteiger partial charge is 0.455 e. The highest BCUT2D eigenvalue weighted by atomic mass is 16.3. The van der Waals surface area contributed by atoms with E-state index in [4.69, 9.17) is 15.9 Å². The average molecular weight is 382 g/mol. The van der Waals surface area contributed by atoms with Crippen LogP contribution in [0.4, 0.5) is 0 Å². The van der Waals surface area contributed by atoms with Crippen molar-refractivity contribution in [1.82, 2.24) is 0 Å². The lowest BCUT2D eigenvalue weighted by atomic mass is 9.72. The van der Waals surface area contributed by atoms with Gasteiger partial charge in [-0.15, -0.1) is 0 Å². The number of furan rings is 1. The van der Waals surface area contributed by atoms with Crippen LogP contribution >= 0.6 is 0 Å². The molecule has 4 nitrogen and oxygen atoms in total. The smallest absolute Gasteiger partial charge is 0.248 e. The number of benzene rings is 3. The van der Waals surface area contributed by atoms with E-state index in [0.29, 0.717) is 5.56 Å². The summed E-state index contributed by atoms with van der Waals surface area (Å²) in [6.45, 7) is 0. The molecule has 0 aliphatic heterocycles. The van der Waals surface area contributed by atoms with Gasteiger partial charge in [0.15, 0.2) is 0 Å². The lowest BCUT2D eigenvalue weighted by Gasteiger charge is -2.38. The number of carbonyl (C=O) groups is 1. The molecule has 0 unspecified atom stereocenters. The maximum absolute atomic E-state index is 11.7. The van der Waals surface area contributed by atoms with E-state index in [0.717, 1.165) is 46.3 Å². The van der Waals surface area contributed by atoms with Gasteiger partial charge in [-0.2, -0.15) is 0 Å². The van der Waals surface area contributed by atoms with Gasteiger partial charge in [-0.25, -0.2) is 0 Å². The molecule has 4 aromatic rings. The standard InChI is InChI=1S/C25H22N2O2/c26-24(28)18-9-12-21-20(15-18)22(16-5-2-1-3-6-16)23(29-21)17-7-10-19(11-8-17)25(27)13-4-14-25/h1-3,5-12,15H,4,13-14,27H2,(H2,26,28). The highest BCUT2D eigenvalue weighted by Gasteiger charge is 2.34. The molecule has 29 heavy (non-hydrogen) atoms. The molecule has 1 heterocycles. The molecule has 1 fully saturated rings. The van der Waals surface area contributed by atoms with Crippen LogP contribution in [0.25, 0.3) is 33.4 Å². The molecule has 144 valence electrons. The Labute approximate surface area is 169 Å². The van der Waals surface area contributed by atoms with Crippen molar-refractivity contribution >= 4 is 16.9 Å². The summed E-state index contributed by atoms with van der Waals surface area (Å²) < 4.78 is 6.26. The molecule has 0 radical (unpaired) electrons. The van der Waals surface area contributed by atoms with E-state index in [1.807, 2.05) is 42.5 Å². The zero-order valence-electron chi connectivity index (χ0n) is 16.0. The second-order valence-electron chi connectivity index (χ2n) is 7.83. The zero-order chi connectivity index (χ0) is 20.0. The topological polar surface area (TPSA) is 82.2 Å². The maximum Gasteiger partial charge on any atom is 0.248 e. The Morgan fingerprint density at radius 2 is 1.62 bits per heavy atom. The fraction of sp³-hybridized carbons (Fsp3) is 0.160. The van der Waals surface area contributed by atoms with Crippen LogP contribution in [0, 0.1) is 0 Å². The van der Waals surface area contributed by atoms with Crippen LogP contribution in [-0.4, -0.2) is 5.91 Å². The Kier molecular flexibility index (Phi) is 4.03. The molecule has 0 saturated heterocycles. The van der Waals surface area contributed by atoms with Crippen molar-refractivity contribution in [3.8, 4) is 22.5 Å². The minimum Gasteiger partial charge on any atom is -0.455 e. The number of rotatable bonds is 4. The molecule has 0 bridgehead atoms. The third kappa shape index (κ3) is 2.93. The fourth-order valence-corrected chi connectivity index (χ4v) is 4.15. The SMILES string of the molecule is NC(=O)c1ccc2oc(-c3ccc(C4(N)CCC4)cc3)c(-c3ccccc3)c2c1. The van der Waals surface area contributed by atoms with E-state index < -0.39 is 5.91 Å². The molecule has 5 rings (SSSR count). The summed E-state index contributed by atoms with van der Waals surface area (Å²) in [5, 5.41) is 0.876. The minimum atomic E-state index is -0.452. The Bertz CT molecular complexity index is 1200. The Morgan fingerprint density at radius 1 is 0.897 bits per heavy atom. The molecular formula is C25H22N2O2. The number of hydrogen-bond acceptors (Lipinski definition) is 3. The Hall–Kier alpha value is -3.37. The summed E-state index contributed by atoms with van der Waals surface area (Å²) in [6.07, 6.45) is 3.24. The van der Waals surface area contributed by atoms with Crippen LogP contribution in [-0.2, 0) is 5.54 Å². The highest BCUT2D eigenvalue weighted by molar-refractivity contribution is 6.05. The second-order valence-corrected chi connectivity index (χ2v) is 7.83. The quantitative estimate of drug-likeness (QED) is 0.509. The third-order valence-corrected chi connectivity index (χ3v) is 6.00. The first-order chi connectivity index (χ1) is 14.0. The summed E-state index contributed by atoms with van der Waals surface area (Å²) in [6, 6.07) is 23.7. The summed E-state index contributed by atoms with van der Waals surface area (Å²) >= 11 is 0. The van der Waals surface area contributed by atoms with E-state index in [2.05, 4.69) is 24.3 Å². The van der Waals surface area contributed by atoms with E-state index in [9.17, 15) is 4.79 Å². The van der Waals surface area contributed by atoms with Crippen LogP contribution in [0.3, 0.4) is 0 Å². The van der Waals surface area contributed by atoms with Gasteiger partial charge < -0.3 is 15.9 Å². The first-order valence-corrected chi connectivity index (χ1v) is 9.87. The van der Waals surface area contributed by atoms with Gasteiger partial charge in [-0.1, -0.05) is 54.6 Å². The van der Waals surface area contributed by atoms with E-state index in [1.165, 1.54) is 12.0 Å². The van der Waals surface area contributed by atoms with Crippen LogP contribution in [0.5, 0.6) is 0 Å². The molecule has 1 aliphatic carbocycles. The lowest BCUT2D eigenvalue weighted by Crippen LogP contribution is -2.43. The van der Waals surface area contributed by atoms with E-state index in [1.54, 1.807) is 6.07 Å². The van der Waals surface area contributed by atoms with Crippen LogP contribution in [0.2, 0.25) is 0 Å². The van der Waals surface area contributed by atoms with Crippen LogP contribution in [0.1, 0.15) is 35.2 Å². The van der Waals surface area contributed by atoms with Crippen molar-refractivity contribution in [3.05, 3.63) is 83.9 Å². The van der Waals surface area contributed by atoms with Gasteiger partial charge in [0, 0.05) is 27.6 Å². The molecule has 3 aromatic carbocycles. The third-order valence-electron chi connectivity index (χ3n) is 6.00. The highest BCUT2D eigenvalue weighted by Crippen LogP contribution is 2.43. The monoisotopic (exact) mass is 382 g/mol. The van der Waals surface area contributed by atoms with Crippen molar-refractivity contribution in [2.75, 3.05) is 0 Å². The lowest BCUT2D eigenvalue weighted by molar-refractivity contribution is 0.100. The summed E-state index contributed by atoms with van der Waals surface area (Å²) in [5.74, 6) is 0.325. The fourth-order valence-electron chi connectivity index (χ4n) is 4.15. The van der Waals surface area contributed by atoms with Gasteiger partial charge in [0.05, 0.1) is 0 Å². The molecule has 0 atom stereocenters. The summed E-state index contributed by atoms with van der Waals surface area (Å²) in [4.78, 5) is 11.7. The molecule has 1 amide bonds. The number of amides is 1. The summed E-state index contributed by atoms with van der Waals surface area (Å²) in [5.41, 5.74) is 17.1. The molecule has 1 aromatic heterocycles. The van der Waals surface area contributed by atoms with Gasteiger partial charge >= 0.3 is 0 Å². The van der Waals surface area contributed by atoms with Crippen molar-refractivity contribution in [1.29, 1.82) is 0 Å². The summed E-state index contributed by atoms with van der Waals surface area (Å²) in [7, 11) is 0. The molecule has 1 aliphatic rings. The van der Waals surface area contributed by atoms with Crippen LogP contribution < -0.4 is 11.5 Å². The van der Waals surface area contributed by atoms with E-state index in [-0.39, 0.29) is 5.54 Å². The molecular weight excluding hydrogens is 360 g/mol. The van der Waals surface area contributed by atoms with Gasteiger partial charge in [-0.05, 0) is 48.6 Å². The Morgan fingerprint density at radius 3 is 2.24 bits per heavy atom. The van der Waals surface area contributed by atoms with Gasteiger partial charge in [0.2, 0.25) is 5.91 Å². The van der Waals surface area contributed by atoms with Gasteiger partial charge in [-0.3, -0.25) is 4.79 Å². The molecule has 1 saturated carbocycles. The van der Waals surface area contributed by atoms with Crippen molar-refractivity contribution in [2.45, 2.75) is 24.8 Å². The van der Waals surface area contributed by atoms with Crippen molar-refractivity contribution < 1.29 is 9.21 Å². The van der Waals surface area contributed by atoms with Crippen molar-refractivity contribution in [3.63, 3.8) is 0 Å².